The Morgan fingerprint density at radius 1 is 1.12 bits per heavy atom. The highest BCUT2D eigenvalue weighted by atomic mass is 35.5. The summed E-state index contributed by atoms with van der Waals surface area (Å²) in [5.74, 6) is 2.06. The Kier molecular flexibility index (Phi) is 6.98. The topological polar surface area (TPSA) is 9.23 Å². The van der Waals surface area contributed by atoms with Gasteiger partial charge in [-0.1, -0.05) is 49.5 Å². The van der Waals surface area contributed by atoms with Crippen LogP contribution in [0.2, 0.25) is 17.1 Å². The molecule has 1 saturated carbocycles. The second kappa shape index (κ2) is 9.01. The Bertz CT molecular complexity index is 547. The standard InChI is InChI=1S/C21H31ClFOSi/c1-3-21(24-2)25-12-10-17(11-13-25)15-4-6-16(7-5-15)18-8-9-19(22)20(23)14-18/h8-9,14-17,21H,3-7,10-13H2,1-2H3. The Labute approximate surface area is 158 Å². The van der Waals surface area contributed by atoms with E-state index in [1.165, 1.54) is 57.0 Å². The zero-order chi connectivity index (χ0) is 17.8. The van der Waals surface area contributed by atoms with Crippen LogP contribution in [-0.4, -0.2) is 21.6 Å². The van der Waals surface area contributed by atoms with Crippen LogP contribution in [0.4, 0.5) is 4.39 Å². The van der Waals surface area contributed by atoms with Gasteiger partial charge in [0.05, 0.1) is 13.8 Å². The van der Waals surface area contributed by atoms with E-state index in [4.69, 9.17) is 16.3 Å². The first-order valence-electron chi connectivity index (χ1n) is 9.94. The van der Waals surface area contributed by atoms with Crippen molar-refractivity contribution in [3.63, 3.8) is 0 Å². The van der Waals surface area contributed by atoms with Crippen molar-refractivity contribution in [3.05, 3.63) is 34.6 Å². The number of hydrogen-bond acceptors (Lipinski definition) is 1. The third kappa shape index (κ3) is 4.67. The normalized spacial score (nSPS) is 27.4. The van der Waals surface area contributed by atoms with Crippen molar-refractivity contribution in [1.29, 1.82) is 0 Å². The molecule has 0 amide bonds. The molecule has 0 N–H and O–H groups in total. The third-order valence-corrected chi connectivity index (χ3v) is 10.4. The number of benzene rings is 1. The molecule has 25 heavy (non-hydrogen) atoms. The maximum absolute atomic E-state index is 13.7. The molecule has 1 saturated heterocycles. The first-order valence-corrected chi connectivity index (χ1v) is 12.3. The van der Waals surface area contributed by atoms with Crippen molar-refractivity contribution in [2.24, 2.45) is 11.8 Å². The largest absolute Gasteiger partial charge is 0.385 e. The number of rotatable bonds is 5. The SMILES string of the molecule is CCC(OC)[Si]1CCC(C2CCC(c3ccc(Cl)c(F)c3)CC2)CC1. The third-order valence-electron chi connectivity index (χ3n) is 6.64. The molecule has 1 aromatic rings. The van der Waals surface area contributed by atoms with E-state index in [1.807, 2.05) is 13.2 Å². The van der Waals surface area contributed by atoms with Crippen molar-refractivity contribution in [2.45, 2.75) is 75.6 Å². The molecule has 4 heteroatoms. The second-order valence-electron chi connectivity index (χ2n) is 7.91. The van der Waals surface area contributed by atoms with E-state index in [0.717, 1.165) is 17.4 Å². The van der Waals surface area contributed by atoms with Gasteiger partial charge in [-0.25, -0.2) is 4.39 Å². The maximum Gasteiger partial charge on any atom is 0.142 e. The highest BCUT2D eigenvalue weighted by molar-refractivity contribution is 6.60. The van der Waals surface area contributed by atoms with Crippen molar-refractivity contribution < 1.29 is 9.13 Å². The molecular formula is C21H31ClFOSi. The summed E-state index contributed by atoms with van der Waals surface area (Å²) in [4.78, 5) is 0. The fourth-order valence-electron chi connectivity index (χ4n) is 5.12. The van der Waals surface area contributed by atoms with Gasteiger partial charge >= 0.3 is 0 Å². The van der Waals surface area contributed by atoms with E-state index in [1.54, 1.807) is 12.1 Å². The van der Waals surface area contributed by atoms with Crippen LogP contribution < -0.4 is 0 Å². The zero-order valence-electron chi connectivity index (χ0n) is 15.6. The number of methoxy groups -OCH3 is 1. The average molecular weight is 382 g/mol. The Hall–Kier alpha value is -0.383. The minimum absolute atomic E-state index is 0.235. The van der Waals surface area contributed by atoms with Gasteiger partial charge in [-0.15, -0.1) is 0 Å². The van der Waals surface area contributed by atoms with Gasteiger partial charge in [-0.05, 0) is 67.6 Å². The molecule has 1 unspecified atom stereocenters. The van der Waals surface area contributed by atoms with E-state index in [0.29, 0.717) is 11.6 Å². The first kappa shape index (κ1) is 19.4. The Morgan fingerprint density at radius 2 is 1.76 bits per heavy atom. The molecule has 0 spiro atoms. The van der Waals surface area contributed by atoms with Crippen LogP contribution in [0.5, 0.6) is 0 Å². The lowest BCUT2D eigenvalue weighted by atomic mass is 9.72. The summed E-state index contributed by atoms with van der Waals surface area (Å²) >= 11 is 5.82. The lowest BCUT2D eigenvalue weighted by Crippen LogP contribution is -2.37. The molecule has 2 fully saturated rings. The average Bonchev–Trinajstić information content (AvgIpc) is 2.66. The van der Waals surface area contributed by atoms with Gasteiger partial charge in [0, 0.05) is 12.8 Å². The van der Waals surface area contributed by atoms with Crippen molar-refractivity contribution in [2.75, 3.05) is 7.11 Å². The quantitative estimate of drug-likeness (QED) is 0.520. The second-order valence-corrected chi connectivity index (χ2v) is 11.3. The lowest BCUT2D eigenvalue weighted by Gasteiger charge is -2.38. The van der Waals surface area contributed by atoms with Crippen LogP contribution in [0, 0.1) is 17.7 Å². The Morgan fingerprint density at radius 3 is 2.32 bits per heavy atom. The number of ether oxygens (including phenoxy) is 1. The monoisotopic (exact) mass is 381 g/mol. The molecule has 1 aromatic carbocycles. The van der Waals surface area contributed by atoms with Gasteiger partial charge in [0.2, 0.25) is 0 Å². The molecule has 2 aliphatic rings. The van der Waals surface area contributed by atoms with Crippen molar-refractivity contribution in [3.8, 4) is 0 Å². The zero-order valence-corrected chi connectivity index (χ0v) is 17.3. The minimum Gasteiger partial charge on any atom is -0.385 e. The maximum atomic E-state index is 13.7. The smallest absolute Gasteiger partial charge is 0.142 e. The van der Waals surface area contributed by atoms with Crippen molar-refractivity contribution >= 4 is 20.4 Å². The molecule has 1 radical (unpaired) electrons. The molecule has 1 aliphatic carbocycles. The van der Waals surface area contributed by atoms with E-state index in [2.05, 4.69) is 6.92 Å². The van der Waals surface area contributed by atoms with Gasteiger partial charge in [0.1, 0.15) is 5.82 Å². The molecule has 0 bridgehead atoms. The number of hydrogen-bond donors (Lipinski definition) is 0. The predicted octanol–water partition coefficient (Wildman–Crippen LogP) is 6.62. The summed E-state index contributed by atoms with van der Waals surface area (Å²) in [6.45, 7) is 2.26. The van der Waals surface area contributed by atoms with E-state index >= 15 is 0 Å². The van der Waals surface area contributed by atoms with Crippen LogP contribution in [0.15, 0.2) is 18.2 Å². The summed E-state index contributed by atoms with van der Waals surface area (Å²) in [6.07, 6.45) is 9.04. The molecule has 3 rings (SSSR count). The predicted molar refractivity (Wildman–Crippen MR) is 105 cm³/mol. The molecule has 1 atom stereocenters. The van der Waals surface area contributed by atoms with Crippen LogP contribution >= 0.6 is 11.6 Å². The molecule has 1 heterocycles. The van der Waals surface area contributed by atoms with Crippen LogP contribution in [0.25, 0.3) is 0 Å². The molecule has 1 aliphatic heterocycles. The van der Waals surface area contributed by atoms with Gasteiger partial charge in [0.25, 0.3) is 0 Å². The summed E-state index contributed by atoms with van der Waals surface area (Å²) in [5, 5.41) is 0.235. The molecule has 0 aromatic heterocycles. The van der Waals surface area contributed by atoms with E-state index in [9.17, 15) is 4.39 Å². The van der Waals surface area contributed by atoms with Gasteiger partial charge in [0.15, 0.2) is 0 Å². The van der Waals surface area contributed by atoms with Crippen molar-refractivity contribution in [1.82, 2.24) is 0 Å². The highest BCUT2D eigenvalue weighted by Gasteiger charge is 2.34. The van der Waals surface area contributed by atoms with E-state index in [-0.39, 0.29) is 19.6 Å². The van der Waals surface area contributed by atoms with E-state index < -0.39 is 0 Å². The molecule has 1 nitrogen and oxygen atoms in total. The summed E-state index contributed by atoms with van der Waals surface area (Å²) in [7, 11) is 1.59. The summed E-state index contributed by atoms with van der Waals surface area (Å²) < 4.78 is 19.4. The lowest BCUT2D eigenvalue weighted by molar-refractivity contribution is 0.152. The molecular weight excluding hydrogens is 351 g/mol. The first-order chi connectivity index (χ1) is 12.1. The Balaban J connectivity index is 1.49. The van der Waals surface area contributed by atoms with Crippen LogP contribution in [-0.2, 0) is 4.74 Å². The minimum atomic E-state index is -0.297. The molecule has 139 valence electrons. The fourth-order valence-corrected chi connectivity index (χ4v) is 8.52. The van der Waals surface area contributed by atoms with Gasteiger partial charge in [-0.3, -0.25) is 0 Å². The van der Waals surface area contributed by atoms with Gasteiger partial charge in [-0.2, -0.15) is 0 Å². The fraction of sp³-hybridized carbons (Fsp3) is 0.714. The summed E-state index contributed by atoms with van der Waals surface area (Å²) in [5.41, 5.74) is 1.70. The summed E-state index contributed by atoms with van der Waals surface area (Å²) in [6, 6.07) is 8.25. The highest BCUT2D eigenvalue weighted by Crippen LogP contribution is 2.44. The number of halogens is 2. The van der Waals surface area contributed by atoms with Crippen LogP contribution in [0.3, 0.4) is 0 Å². The van der Waals surface area contributed by atoms with Crippen LogP contribution in [0.1, 0.15) is 63.4 Å². The van der Waals surface area contributed by atoms with Gasteiger partial charge < -0.3 is 4.74 Å².